The lowest BCUT2D eigenvalue weighted by Crippen LogP contribution is -2.45. The molecule has 1 saturated heterocycles. The number of carboxylic acid groups (broad SMARTS) is 1. The number of likely N-dealkylation sites (tertiary alicyclic amines) is 1. The Hall–Kier alpha value is -2.03. The summed E-state index contributed by atoms with van der Waals surface area (Å²) in [6.45, 7) is -0.0920. The summed E-state index contributed by atoms with van der Waals surface area (Å²) < 4.78 is 54.4. The van der Waals surface area contributed by atoms with Gasteiger partial charge in [0.15, 0.2) is 11.6 Å². The number of aliphatic hydroxyl groups is 1. The van der Waals surface area contributed by atoms with Gasteiger partial charge in [-0.15, -0.1) is 13.2 Å². The van der Waals surface area contributed by atoms with Gasteiger partial charge in [-0.3, -0.25) is 0 Å². The van der Waals surface area contributed by atoms with E-state index in [9.17, 15) is 27.5 Å². The molecule has 2 rings (SSSR count). The summed E-state index contributed by atoms with van der Waals surface area (Å²) in [5, 5.41) is 19.3. The van der Waals surface area contributed by atoms with Gasteiger partial charge in [-0.05, 0) is 18.9 Å². The van der Waals surface area contributed by atoms with E-state index in [1.165, 1.54) is 0 Å². The molecule has 5 nitrogen and oxygen atoms in total. The molecular formula is C13H13F4NO4. The van der Waals surface area contributed by atoms with Crippen molar-refractivity contribution in [1.82, 2.24) is 4.90 Å². The number of hydrogen-bond donors (Lipinski definition) is 2. The van der Waals surface area contributed by atoms with Crippen LogP contribution < -0.4 is 4.74 Å². The lowest BCUT2D eigenvalue weighted by molar-refractivity contribution is -0.275. The summed E-state index contributed by atoms with van der Waals surface area (Å²) in [4.78, 5) is 11.8. The number of benzene rings is 1. The van der Waals surface area contributed by atoms with Crippen molar-refractivity contribution in [3.8, 4) is 5.75 Å². The summed E-state index contributed by atoms with van der Waals surface area (Å²) in [6, 6.07) is 3.11. The third-order valence-corrected chi connectivity index (χ3v) is 3.55. The lowest BCUT2D eigenvalue weighted by Gasteiger charge is -2.37. The van der Waals surface area contributed by atoms with E-state index in [1.807, 2.05) is 0 Å². The van der Waals surface area contributed by atoms with Crippen LogP contribution in [0.5, 0.6) is 5.75 Å². The first kappa shape index (κ1) is 16.3. The van der Waals surface area contributed by atoms with E-state index in [2.05, 4.69) is 4.74 Å². The van der Waals surface area contributed by atoms with Gasteiger partial charge in [0, 0.05) is 18.7 Å². The first-order chi connectivity index (χ1) is 10.1. The largest absolute Gasteiger partial charge is 0.573 e. The molecule has 1 aromatic rings. The van der Waals surface area contributed by atoms with Crippen LogP contribution >= 0.6 is 0 Å². The number of rotatable bonds is 2. The smallest absolute Gasteiger partial charge is 0.465 e. The third kappa shape index (κ3) is 3.41. The summed E-state index contributed by atoms with van der Waals surface area (Å²) >= 11 is 0. The van der Waals surface area contributed by atoms with Crippen molar-refractivity contribution in [2.45, 2.75) is 24.8 Å². The van der Waals surface area contributed by atoms with Gasteiger partial charge in [0.2, 0.25) is 0 Å². The maximum Gasteiger partial charge on any atom is 0.573 e. The molecule has 1 fully saturated rings. The zero-order valence-corrected chi connectivity index (χ0v) is 11.2. The van der Waals surface area contributed by atoms with E-state index < -0.39 is 29.6 Å². The Morgan fingerprint density at radius 1 is 1.27 bits per heavy atom. The average molecular weight is 323 g/mol. The summed E-state index contributed by atoms with van der Waals surface area (Å²) in [6.07, 6.45) is -6.46. The molecule has 0 atom stereocenters. The van der Waals surface area contributed by atoms with Gasteiger partial charge in [0.1, 0.15) is 0 Å². The van der Waals surface area contributed by atoms with Gasteiger partial charge in [-0.1, -0.05) is 12.1 Å². The second kappa shape index (κ2) is 5.64. The maximum atomic E-state index is 14.2. The standard InChI is InChI=1S/C13H13F4NO4/c14-10-8(2-1-3-9(10)22-13(15,16)17)12(21)4-6-18(7-5-12)11(19)20/h1-3,21H,4-7H2,(H,19,20). The summed E-state index contributed by atoms with van der Waals surface area (Å²) in [7, 11) is 0. The molecule has 9 heteroatoms. The Kier molecular flexibility index (Phi) is 4.19. The van der Waals surface area contributed by atoms with Crippen LogP contribution in [0, 0.1) is 5.82 Å². The zero-order valence-electron chi connectivity index (χ0n) is 11.2. The molecule has 0 radical (unpaired) electrons. The summed E-state index contributed by atoms with van der Waals surface area (Å²) in [5.41, 5.74) is -2.07. The Bertz CT molecular complexity index is 568. The lowest BCUT2D eigenvalue weighted by atomic mass is 9.84. The normalized spacial score (nSPS) is 18.1. The fourth-order valence-electron chi connectivity index (χ4n) is 2.41. The highest BCUT2D eigenvalue weighted by Gasteiger charge is 2.39. The predicted molar refractivity (Wildman–Crippen MR) is 65.8 cm³/mol. The van der Waals surface area contributed by atoms with Gasteiger partial charge in [-0.25, -0.2) is 9.18 Å². The molecule has 0 aliphatic carbocycles. The molecule has 0 bridgehead atoms. The van der Waals surface area contributed by atoms with E-state index in [1.54, 1.807) is 0 Å². The quantitative estimate of drug-likeness (QED) is 0.821. The van der Waals surface area contributed by atoms with Gasteiger partial charge in [0.25, 0.3) is 0 Å². The second-order valence-electron chi connectivity index (χ2n) is 4.97. The van der Waals surface area contributed by atoms with Gasteiger partial charge in [-0.2, -0.15) is 0 Å². The highest BCUT2D eigenvalue weighted by molar-refractivity contribution is 5.65. The topological polar surface area (TPSA) is 70.0 Å². The Morgan fingerprint density at radius 2 is 1.86 bits per heavy atom. The van der Waals surface area contributed by atoms with Crippen LogP contribution in [0.25, 0.3) is 0 Å². The van der Waals surface area contributed by atoms with Crippen LogP contribution in [0.1, 0.15) is 18.4 Å². The maximum absolute atomic E-state index is 14.2. The van der Waals surface area contributed by atoms with Crippen LogP contribution in [-0.4, -0.2) is 40.7 Å². The van der Waals surface area contributed by atoms with E-state index in [-0.39, 0.29) is 31.5 Å². The monoisotopic (exact) mass is 323 g/mol. The number of amides is 1. The molecule has 0 aromatic heterocycles. The molecule has 1 aliphatic rings. The van der Waals surface area contributed by atoms with Crippen LogP contribution in [0.4, 0.5) is 22.4 Å². The van der Waals surface area contributed by atoms with E-state index >= 15 is 0 Å². The number of carbonyl (C=O) groups is 1. The Balaban J connectivity index is 2.26. The van der Waals surface area contributed by atoms with Crippen molar-refractivity contribution >= 4 is 6.09 Å². The fraction of sp³-hybridized carbons (Fsp3) is 0.462. The molecular weight excluding hydrogens is 310 g/mol. The molecule has 122 valence electrons. The van der Waals surface area contributed by atoms with E-state index in [4.69, 9.17) is 5.11 Å². The van der Waals surface area contributed by atoms with Crippen molar-refractivity contribution in [3.63, 3.8) is 0 Å². The number of halogens is 4. The fourth-order valence-corrected chi connectivity index (χ4v) is 2.41. The Morgan fingerprint density at radius 3 is 2.36 bits per heavy atom. The molecule has 1 aliphatic heterocycles. The molecule has 0 unspecified atom stereocenters. The molecule has 1 heterocycles. The minimum atomic E-state index is -5.05. The number of piperidine rings is 1. The first-order valence-corrected chi connectivity index (χ1v) is 6.37. The van der Waals surface area contributed by atoms with Gasteiger partial charge < -0.3 is 19.8 Å². The van der Waals surface area contributed by atoms with Crippen LogP contribution in [0.3, 0.4) is 0 Å². The van der Waals surface area contributed by atoms with Crippen LogP contribution in [0.15, 0.2) is 18.2 Å². The SMILES string of the molecule is O=C(O)N1CCC(O)(c2cccc(OC(F)(F)F)c2F)CC1. The van der Waals surface area contributed by atoms with Gasteiger partial charge >= 0.3 is 12.5 Å². The third-order valence-electron chi connectivity index (χ3n) is 3.55. The average Bonchev–Trinajstić information content (AvgIpc) is 2.40. The summed E-state index contributed by atoms with van der Waals surface area (Å²) in [5.74, 6) is -2.33. The minimum absolute atomic E-state index is 0.0460. The van der Waals surface area contributed by atoms with Crippen molar-refractivity contribution in [1.29, 1.82) is 0 Å². The molecule has 22 heavy (non-hydrogen) atoms. The second-order valence-corrected chi connectivity index (χ2v) is 4.97. The number of hydrogen-bond acceptors (Lipinski definition) is 3. The molecule has 1 aromatic carbocycles. The molecule has 1 amide bonds. The number of nitrogens with zero attached hydrogens (tertiary/aromatic N) is 1. The predicted octanol–water partition coefficient (Wildman–Crippen LogP) is 2.69. The van der Waals surface area contributed by atoms with E-state index in [0.717, 1.165) is 23.1 Å². The molecule has 0 spiro atoms. The van der Waals surface area contributed by atoms with Crippen molar-refractivity contribution in [2.24, 2.45) is 0 Å². The van der Waals surface area contributed by atoms with Crippen LogP contribution in [0.2, 0.25) is 0 Å². The molecule has 0 saturated carbocycles. The van der Waals surface area contributed by atoms with Crippen molar-refractivity contribution in [3.05, 3.63) is 29.6 Å². The zero-order chi connectivity index (χ0) is 16.5. The van der Waals surface area contributed by atoms with Crippen molar-refractivity contribution < 1.29 is 37.3 Å². The minimum Gasteiger partial charge on any atom is -0.465 e. The Labute approximate surface area is 122 Å². The van der Waals surface area contributed by atoms with Gasteiger partial charge in [0.05, 0.1) is 5.60 Å². The number of ether oxygens (including phenoxy) is 1. The van der Waals surface area contributed by atoms with Crippen molar-refractivity contribution in [2.75, 3.05) is 13.1 Å². The highest BCUT2D eigenvalue weighted by Crippen LogP contribution is 2.38. The van der Waals surface area contributed by atoms with E-state index in [0.29, 0.717) is 0 Å². The number of alkyl halides is 3. The molecule has 2 N–H and O–H groups in total. The first-order valence-electron chi connectivity index (χ1n) is 6.37. The van der Waals surface area contributed by atoms with Crippen LogP contribution in [-0.2, 0) is 5.60 Å². The highest BCUT2D eigenvalue weighted by atomic mass is 19.4.